The summed E-state index contributed by atoms with van der Waals surface area (Å²) in [6, 6.07) is 11.1. The summed E-state index contributed by atoms with van der Waals surface area (Å²) in [6.07, 6.45) is 4.87. The summed E-state index contributed by atoms with van der Waals surface area (Å²) in [5.41, 5.74) is 0.818. The Labute approximate surface area is 200 Å². The lowest BCUT2D eigenvalue weighted by atomic mass is 10.1. The standard InChI is InChI=1S/C24H31N3O4S2/c1-17(2)16-25-23(28)19-9-5-6-10-21(19)26-33(30,31)18-11-12-22(32-3)20(15-18)24(29)27-13-7-4-8-14-27/h5-6,9-12,15,17,26H,4,7-8,13-14,16H2,1-3H3,(H,25,28). The minimum absolute atomic E-state index is 0.0157. The van der Waals surface area contributed by atoms with Gasteiger partial charge in [-0.3, -0.25) is 14.3 Å². The summed E-state index contributed by atoms with van der Waals surface area (Å²) in [5, 5.41) is 2.81. The zero-order chi connectivity index (χ0) is 24.0. The van der Waals surface area contributed by atoms with E-state index in [4.69, 9.17) is 0 Å². The number of anilines is 1. The normalized spacial score (nSPS) is 14.2. The molecule has 3 rings (SSSR count). The van der Waals surface area contributed by atoms with Crippen molar-refractivity contribution in [1.29, 1.82) is 0 Å². The summed E-state index contributed by atoms with van der Waals surface area (Å²) >= 11 is 1.41. The van der Waals surface area contributed by atoms with Crippen molar-refractivity contribution in [3.63, 3.8) is 0 Å². The highest BCUT2D eigenvalue weighted by atomic mass is 32.2. The molecule has 2 amide bonds. The first-order chi connectivity index (χ1) is 15.7. The second-order valence-corrected chi connectivity index (χ2v) is 11.0. The van der Waals surface area contributed by atoms with Crippen molar-refractivity contribution >= 4 is 39.3 Å². The van der Waals surface area contributed by atoms with Crippen LogP contribution in [0.1, 0.15) is 53.8 Å². The molecule has 1 saturated heterocycles. The molecule has 1 aliphatic heterocycles. The molecule has 0 aromatic heterocycles. The maximum Gasteiger partial charge on any atom is 0.261 e. The molecule has 0 atom stereocenters. The molecule has 2 N–H and O–H groups in total. The minimum Gasteiger partial charge on any atom is -0.352 e. The fraction of sp³-hybridized carbons (Fsp3) is 0.417. The predicted molar refractivity (Wildman–Crippen MR) is 132 cm³/mol. The Morgan fingerprint density at radius 1 is 1.03 bits per heavy atom. The summed E-state index contributed by atoms with van der Waals surface area (Å²) in [7, 11) is -4.02. The predicted octanol–water partition coefficient (Wildman–Crippen LogP) is 4.22. The van der Waals surface area contributed by atoms with E-state index in [-0.39, 0.29) is 33.9 Å². The largest absolute Gasteiger partial charge is 0.352 e. The lowest BCUT2D eigenvalue weighted by Gasteiger charge is -2.27. The molecule has 0 bridgehead atoms. The summed E-state index contributed by atoms with van der Waals surface area (Å²) in [4.78, 5) is 28.2. The van der Waals surface area contributed by atoms with Gasteiger partial charge in [0.15, 0.2) is 0 Å². The lowest BCUT2D eigenvalue weighted by molar-refractivity contribution is 0.0720. The van der Waals surface area contributed by atoms with E-state index in [1.165, 1.54) is 23.9 Å². The van der Waals surface area contributed by atoms with Crippen LogP contribution in [0.2, 0.25) is 0 Å². The lowest BCUT2D eigenvalue weighted by Crippen LogP contribution is -2.36. The summed E-state index contributed by atoms with van der Waals surface area (Å²) in [6.45, 7) is 5.81. The van der Waals surface area contributed by atoms with Gasteiger partial charge in [0.05, 0.1) is 21.7 Å². The molecule has 0 aliphatic carbocycles. The van der Waals surface area contributed by atoms with E-state index in [2.05, 4.69) is 10.0 Å². The van der Waals surface area contributed by atoms with Gasteiger partial charge in [0.1, 0.15) is 0 Å². The highest BCUT2D eigenvalue weighted by Gasteiger charge is 2.25. The van der Waals surface area contributed by atoms with Crippen molar-refractivity contribution in [1.82, 2.24) is 10.2 Å². The molecular formula is C24H31N3O4S2. The van der Waals surface area contributed by atoms with E-state index in [0.717, 1.165) is 24.2 Å². The smallest absolute Gasteiger partial charge is 0.261 e. The number of para-hydroxylation sites is 1. The van der Waals surface area contributed by atoms with Gasteiger partial charge in [-0.2, -0.15) is 0 Å². The number of rotatable bonds is 8. The molecule has 2 aromatic rings. The maximum absolute atomic E-state index is 13.2. The SMILES string of the molecule is CSc1ccc(S(=O)(=O)Nc2ccccc2C(=O)NCC(C)C)cc1C(=O)N1CCCCC1. The molecular weight excluding hydrogens is 458 g/mol. The average molecular weight is 490 g/mol. The fourth-order valence-electron chi connectivity index (χ4n) is 3.65. The van der Waals surface area contributed by atoms with Gasteiger partial charge in [0.2, 0.25) is 0 Å². The highest BCUT2D eigenvalue weighted by molar-refractivity contribution is 7.98. The van der Waals surface area contributed by atoms with Crippen molar-refractivity contribution in [3.8, 4) is 0 Å². The topological polar surface area (TPSA) is 95.6 Å². The Morgan fingerprint density at radius 2 is 1.73 bits per heavy atom. The molecule has 0 unspecified atom stereocenters. The molecule has 1 heterocycles. The number of hydrogen-bond donors (Lipinski definition) is 2. The molecule has 1 fully saturated rings. The van der Waals surface area contributed by atoms with Gasteiger partial charge >= 0.3 is 0 Å². The van der Waals surface area contributed by atoms with Crippen molar-refractivity contribution < 1.29 is 18.0 Å². The number of amides is 2. The highest BCUT2D eigenvalue weighted by Crippen LogP contribution is 2.28. The average Bonchev–Trinajstić information content (AvgIpc) is 2.82. The second kappa shape index (κ2) is 11.1. The van der Waals surface area contributed by atoms with Crippen LogP contribution in [0, 0.1) is 5.92 Å². The van der Waals surface area contributed by atoms with Crippen LogP contribution in [0.4, 0.5) is 5.69 Å². The van der Waals surface area contributed by atoms with Gasteiger partial charge in [-0.05, 0) is 61.8 Å². The van der Waals surface area contributed by atoms with Crippen LogP contribution in [0.3, 0.4) is 0 Å². The number of carbonyl (C=O) groups excluding carboxylic acids is 2. The summed E-state index contributed by atoms with van der Waals surface area (Å²) in [5.74, 6) is -0.228. The third kappa shape index (κ3) is 6.29. The van der Waals surface area contributed by atoms with E-state index >= 15 is 0 Å². The zero-order valence-corrected chi connectivity index (χ0v) is 20.9. The molecule has 1 aliphatic rings. The van der Waals surface area contributed by atoms with E-state index < -0.39 is 10.0 Å². The minimum atomic E-state index is -4.02. The monoisotopic (exact) mass is 489 g/mol. The number of hydrogen-bond acceptors (Lipinski definition) is 5. The quantitative estimate of drug-likeness (QED) is 0.541. The number of carbonyl (C=O) groups is 2. The first-order valence-corrected chi connectivity index (χ1v) is 13.8. The van der Waals surface area contributed by atoms with E-state index in [1.807, 2.05) is 20.1 Å². The van der Waals surface area contributed by atoms with Gasteiger partial charge < -0.3 is 10.2 Å². The van der Waals surface area contributed by atoms with Crippen LogP contribution >= 0.6 is 11.8 Å². The summed E-state index contributed by atoms with van der Waals surface area (Å²) < 4.78 is 29.0. The number of piperidine rings is 1. The van der Waals surface area contributed by atoms with Crippen molar-refractivity contribution in [2.75, 3.05) is 30.6 Å². The number of likely N-dealkylation sites (tertiary alicyclic amines) is 1. The molecule has 0 saturated carbocycles. The third-order valence-electron chi connectivity index (χ3n) is 5.44. The van der Waals surface area contributed by atoms with Crippen molar-refractivity contribution in [3.05, 3.63) is 53.6 Å². The molecule has 178 valence electrons. The van der Waals surface area contributed by atoms with Crippen LogP contribution in [0.5, 0.6) is 0 Å². The Bertz CT molecular complexity index is 1110. The van der Waals surface area contributed by atoms with Gasteiger partial charge in [-0.1, -0.05) is 26.0 Å². The van der Waals surface area contributed by atoms with E-state index in [1.54, 1.807) is 35.2 Å². The number of nitrogens with one attached hydrogen (secondary N) is 2. The van der Waals surface area contributed by atoms with Crippen LogP contribution < -0.4 is 10.0 Å². The van der Waals surface area contributed by atoms with Gasteiger partial charge in [-0.15, -0.1) is 11.8 Å². The van der Waals surface area contributed by atoms with Crippen LogP contribution in [0.15, 0.2) is 52.3 Å². The molecule has 9 heteroatoms. The molecule has 0 radical (unpaired) electrons. The third-order valence-corrected chi connectivity index (χ3v) is 7.60. The molecule has 7 nitrogen and oxygen atoms in total. The van der Waals surface area contributed by atoms with Crippen LogP contribution in [-0.4, -0.2) is 51.0 Å². The molecule has 0 spiro atoms. The van der Waals surface area contributed by atoms with E-state index in [0.29, 0.717) is 25.2 Å². The molecule has 33 heavy (non-hydrogen) atoms. The van der Waals surface area contributed by atoms with Crippen molar-refractivity contribution in [2.24, 2.45) is 5.92 Å². The zero-order valence-electron chi connectivity index (χ0n) is 19.3. The number of nitrogens with zero attached hydrogens (tertiary/aromatic N) is 1. The van der Waals surface area contributed by atoms with Crippen molar-refractivity contribution in [2.45, 2.75) is 42.9 Å². The van der Waals surface area contributed by atoms with Gasteiger partial charge in [-0.25, -0.2) is 8.42 Å². The van der Waals surface area contributed by atoms with Gasteiger partial charge in [0, 0.05) is 24.5 Å². The second-order valence-electron chi connectivity index (χ2n) is 8.47. The Hall–Kier alpha value is -2.52. The number of benzene rings is 2. The Kier molecular flexibility index (Phi) is 8.42. The van der Waals surface area contributed by atoms with Crippen LogP contribution in [-0.2, 0) is 10.0 Å². The van der Waals surface area contributed by atoms with Crippen LogP contribution in [0.25, 0.3) is 0 Å². The first kappa shape index (κ1) is 25.1. The Balaban J connectivity index is 1.89. The first-order valence-electron chi connectivity index (χ1n) is 11.1. The maximum atomic E-state index is 13.2. The van der Waals surface area contributed by atoms with Gasteiger partial charge in [0.25, 0.3) is 21.8 Å². The Morgan fingerprint density at radius 3 is 2.39 bits per heavy atom. The number of sulfonamides is 1. The fourth-order valence-corrected chi connectivity index (χ4v) is 5.33. The van der Waals surface area contributed by atoms with E-state index in [9.17, 15) is 18.0 Å². The number of thioether (sulfide) groups is 1. The molecule has 2 aromatic carbocycles.